The highest BCUT2D eigenvalue weighted by Gasteiger charge is 2.20. The van der Waals surface area contributed by atoms with Crippen molar-refractivity contribution < 1.29 is 4.74 Å². The predicted molar refractivity (Wildman–Crippen MR) is 118 cm³/mol. The van der Waals surface area contributed by atoms with Crippen LogP contribution >= 0.6 is 0 Å². The molecule has 0 amide bonds. The van der Waals surface area contributed by atoms with Crippen LogP contribution in [0.3, 0.4) is 0 Å². The SMILES string of the molecule is Cc1ccc2ncc(-c3cnn4c(N)c(C#N)c(CNC5CCOCC5)nc34)cc2c1. The van der Waals surface area contributed by atoms with Crippen LogP contribution in [0.15, 0.2) is 36.7 Å². The zero-order valence-corrected chi connectivity index (χ0v) is 17.3. The molecule has 0 atom stereocenters. The second-order valence-corrected chi connectivity index (χ2v) is 7.91. The number of fused-ring (bicyclic) bond motifs is 2. The minimum absolute atomic E-state index is 0.298. The van der Waals surface area contributed by atoms with E-state index in [2.05, 4.69) is 40.5 Å². The van der Waals surface area contributed by atoms with E-state index in [4.69, 9.17) is 15.5 Å². The zero-order valence-electron chi connectivity index (χ0n) is 17.3. The fourth-order valence-corrected chi connectivity index (χ4v) is 4.06. The average Bonchev–Trinajstić information content (AvgIpc) is 3.22. The second-order valence-electron chi connectivity index (χ2n) is 7.91. The van der Waals surface area contributed by atoms with Gasteiger partial charge in [0.25, 0.3) is 0 Å². The van der Waals surface area contributed by atoms with Crippen molar-refractivity contribution in [1.29, 1.82) is 5.26 Å². The third-order valence-electron chi connectivity index (χ3n) is 5.80. The summed E-state index contributed by atoms with van der Waals surface area (Å²) in [5, 5.41) is 18.7. The van der Waals surface area contributed by atoms with Crippen LogP contribution in [0.1, 0.15) is 29.7 Å². The first-order chi connectivity index (χ1) is 15.1. The Labute approximate surface area is 179 Å². The molecular weight excluding hydrogens is 390 g/mol. The van der Waals surface area contributed by atoms with Crippen molar-refractivity contribution in [2.24, 2.45) is 0 Å². The Morgan fingerprint density at radius 3 is 2.90 bits per heavy atom. The van der Waals surface area contributed by atoms with E-state index < -0.39 is 0 Å². The number of hydrogen-bond acceptors (Lipinski definition) is 7. The van der Waals surface area contributed by atoms with Gasteiger partial charge >= 0.3 is 0 Å². The van der Waals surface area contributed by atoms with Gasteiger partial charge in [0.15, 0.2) is 5.65 Å². The predicted octanol–water partition coefficient (Wildman–Crippen LogP) is 2.98. The van der Waals surface area contributed by atoms with Crippen molar-refractivity contribution in [1.82, 2.24) is 24.9 Å². The maximum Gasteiger partial charge on any atom is 0.165 e. The summed E-state index contributed by atoms with van der Waals surface area (Å²) in [5.41, 5.74) is 11.8. The largest absolute Gasteiger partial charge is 0.382 e. The number of nitrogens with two attached hydrogens (primary N) is 1. The summed E-state index contributed by atoms with van der Waals surface area (Å²) in [6.07, 6.45) is 5.44. The van der Waals surface area contributed by atoms with Gasteiger partial charge in [-0.25, -0.2) is 4.98 Å². The lowest BCUT2D eigenvalue weighted by Crippen LogP contribution is -2.34. The highest BCUT2D eigenvalue weighted by atomic mass is 16.5. The molecule has 156 valence electrons. The van der Waals surface area contributed by atoms with Crippen LogP contribution in [0.5, 0.6) is 0 Å². The fourth-order valence-electron chi connectivity index (χ4n) is 4.06. The van der Waals surface area contributed by atoms with Crippen molar-refractivity contribution in [3.8, 4) is 17.2 Å². The van der Waals surface area contributed by atoms with Crippen molar-refractivity contribution in [2.75, 3.05) is 18.9 Å². The number of hydrogen-bond donors (Lipinski definition) is 2. The number of benzene rings is 1. The Hall–Kier alpha value is -3.54. The van der Waals surface area contributed by atoms with E-state index in [1.54, 1.807) is 6.20 Å². The standard InChI is InChI=1S/C23H23N7O/c1-14-2-3-20-15(8-14)9-16(11-27-20)19-12-28-30-22(25)18(10-24)21(29-23(19)30)13-26-17-4-6-31-7-5-17/h2-3,8-9,11-12,17,26H,4-7,13,25H2,1H3. The van der Waals surface area contributed by atoms with E-state index in [1.165, 1.54) is 10.1 Å². The summed E-state index contributed by atoms with van der Waals surface area (Å²) in [4.78, 5) is 9.39. The van der Waals surface area contributed by atoms with Gasteiger partial charge in [0.2, 0.25) is 0 Å². The van der Waals surface area contributed by atoms with Crippen LogP contribution in [-0.2, 0) is 11.3 Å². The van der Waals surface area contributed by atoms with Gasteiger partial charge < -0.3 is 15.8 Å². The van der Waals surface area contributed by atoms with E-state index in [0.29, 0.717) is 35.3 Å². The molecule has 1 fully saturated rings. The summed E-state index contributed by atoms with van der Waals surface area (Å²) < 4.78 is 6.95. The van der Waals surface area contributed by atoms with Gasteiger partial charge in [-0.1, -0.05) is 11.6 Å². The lowest BCUT2D eigenvalue weighted by molar-refractivity contribution is 0.0775. The Balaban J connectivity index is 1.57. The smallest absolute Gasteiger partial charge is 0.165 e. The maximum atomic E-state index is 9.70. The first kappa shape index (κ1) is 19.4. The molecule has 0 spiro atoms. The molecule has 0 radical (unpaired) electrons. The Kier molecular flexibility index (Phi) is 4.98. The minimum atomic E-state index is 0.298. The monoisotopic (exact) mass is 413 g/mol. The third kappa shape index (κ3) is 3.58. The van der Waals surface area contributed by atoms with Gasteiger partial charge in [0.1, 0.15) is 17.5 Å². The molecule has 0 bridgehead atoms. The topological polar surface area (TPSA) is 114 Å². The molecule has 3 N–H and O–H groups in total. The van der Waals surface area contributed by atoms with Gasteiger partial charge in [-0.15, -0.1) is 0 Å². The van der Waals surface area contributed by atoms with Crippen molar-refractivity contribution in [2.45, 2.75) is 32.4 Å². The third-order valence-corrected chi connectivity index (χ3v) is 5.80. The molecule has 4 aromatic rings. The van der Waals surface area contributed by atoms with E-state index in [9.17, 15) is 5.26 Å². The summed E-state index contributed by atoms with van der Waals surface area (Å²) in [5.74, 6) is 0.298. The van der Waals surface area contributed by atoms with Gasteiger partial charge in [-0.2, -0.15) is 14.9 Å². The van der Waals surface area contributed by atoms with E-state index >= 15 is 0 Å². The van der Waals surface area contributed by atoms with E-state index in [-0.39, 0.29) is 0 Å². The average molecular weight is 413 g/mol. The van der Waals surface area contributed by atoms with Crippen molar-refractivity contribution in [3.63, 3.8) is 0 Å². The second kappa shape index (κ2) is 7.95. The number of nitrogen functional groups attached to an aromatic ring is 1. The first-order valence-corrected chi connectivity index (χ1v) is 10.4. The summed E-state index contributed by atoms with van der Waals surface area (Å²) >= 11 is 0. The molecule has 1 aliphatic rings. The van der Waals surface area contributed by atoms with Crippen LogP contribution in [0.4, 0.5) is 5.82 Å². The summed E-state index contributed by atoms with van der Waals surface area (Å²) in [6, 6.07) is 10.8. The number of rotatable bonds is 4. The van der Waals surface area contributed by atoms with Gasteiger partial charge in [0, 0.05) is 48.5 Å². The molecule has 1 saturated heterocycles. The fraction of sp³-hybridized carbons (Fsp3) is 0.304. The van der Waals surface area contributed by atoms with Gasteiger partial charge in [-0.05, 0) is 38.0 Å². The van der Waals surface area contributed by atoms with Crippen LogP contribution in [0.25, 0.3) is 27.7 Å². The van der Waals surface area contributed by atoms with Crippen molar-refractivity contribution >= 4 is 22.4 Å². The number of aryl methyl sites for hydroxylation is 1. The molecule has 3 aromatic heterocycles. The number of ether oxygens (including phenoxy) is 1. The van der Waals surface area contributed by atoms with E-state index in [0.717, 1.165) is 48.1 Å². The van der Waals surface area contributed by atoms with Crippen LogP contribution in [0, 0.1) is 18.3 Å². The van der Waals surface area contributed by atoms with Crippen LogP contribution in [-0.4, -0.2) is 38.8 Å². The van der Waals surface area contributed by atoms with Crippen LogP contribution < -0.4 is 11.1 Å². The molecular formula is C23H23N7O. The highest BCUT2D eigenvalue weighted by Crippen LogP contribution is 2.29. The lowest BCUT2D eigenvalue weighted by Gasteiger charge is -2.23. The number of nitrogens with one attached hydrogen (secondary N) is 1. The van der Waals surface area contributed by atoms with Gasteiger partial charge in [0.05, 0.1) is 17.4 Å². The molecule has 1 aliphatic heterocycles. The van der Waals surface area contributed by atoms with Crippen LogP contribution in [0.2, 0.25) is 0 Å². The Bertz CT molecular complexity index is 1320. The Morgan fingerprint density at radius 1 is 1.26 bits per heavy atom. The summed E-state index contributed by atoms with van der Waals surface area (Å²) in [6.45, 7) is 4.02. The molecule has 8 nitrogen and oxygen atoms in total. The molecule has 0 unspecified atom stereocenters. The quantitative estimate of drug-likeness (QED) is 0.529. The number of nitriles is 1. The number of pyridine rings is 1. The van der Waals surface area contributed by atoms with E-state index in [1.807, 2.05) is 18.3 Å². The molecule has 5 rings (SSSR count). The number of aromatic nitrogens is 4. The number of nitrogens with zero attached hydrogens (tertiary/aromatic N) is 5. The Morgan fingerprint density at radius 2 is 2.10 bits per heavy atom. The first-order valence-electron chi connectivity index (χ1n) is 10.4. The normalized spacial score (nSPS) is 14.8. The number of anilines is 1. The maximum absolute atomic E-state index is 9.70. The summed E-state index contributed by atoms with van der Waals surface area (Å²) in [7, 11) is 0. The zero-order chi connectivity index (χ0) is 21.4. The molecule has 0 aliphatic carbocycles. The molecule has 1 aromatic carbocycles. The molecule has 0 saturated carbocycles. The van der Waals surface area contributed by atoms with Crippen molar-refractivity contribution in [3.05, 3.63) is 53.5 Å². The van der Waals surface area contributed by atoms with Gasteiger partial charge in [-0.3, -0.25) is 4.98 Å². The molecule has 31 heavy (non-hydrogen) atoms. The highest BCUT2D eigenvalue weighted by molar-refractivity contribution is 5.87. The molecule has 4 heterocycles. The molecule has 8 heteroatoms. The minimum Gasteiger partial charge on any atom is -0.382 e. The lowest BCUT2D eigenvalue weighted by atomic mass is 10.1.